The number of aliphatic hydroxyl groups is 1. The van der Waals surface area contributed by atoms with E-state index in [1.807, 2.05) is 0 Å². The zero-order valence-corrected chi connectivity index (χ0v) is 13.2. The molecule has 0 radical (unpaired) electrons. The van der Waals surface area contributed by atoms with E-state index in [9.17, 15) is 5.11 Å². The number of aliphatic hydroxyl groups excluding tert-OH is 1. The lowest BCUT2D eigenvalue weighted by Gasteiger charge is -2.21. The van der Waals surface area contributed by atoms with Crippen molar-refractivity contribution < 1.29 is 9.84 Å². The Kier molecular flexibility index (Phi) is 6.33. The molecule has 0 amide bonds. The van der Waals surface area contributed by atoms with Crippen LogP contribution in [-0.4, -0.2) is 44.1 Å². The van der Waals surface area contributed by atoms with Gasteiger partial charge in [-0.25, -0.2) is 0 Å². The molecule has 0 spiro atoms. The van der Waals surface area contributed by atoms with Crippen LogP contribution in [0.1, 0.15) is 26.7 Å². The van der Waals surface area contributed by atoms with Gasteiger partial charge >= 0.3 is 0 Å². The van der Waals surface area contributed by atoms with Crippen LogP contribution in [0.5, 0.6) is 0 Å². The SMILES string of the molecule is CCN(CC)c1ccc(NCC(O)COCC2CC2)cc1. The van der Waals surface area contributed by atoms with E-state index in [1.165, 1.54) is 18.5 Å². The Hall–Kier alpha value is -1.26. The van der Waals surface area contributed by atoms with E-state index in [0.29, 0.717) is 13.2 Å². The van der Waals surface area contributed by atoms with E-state index in [0.717, 1.165) is 31.3 Å². The molecule has 1 fully saturated rings. The van der Waals surface area contributed by atoms with Crippen LogP contribution in [0.3, 0.4) is 0 Å². The second kappa shape index (κ2) is 8.25. The molecule has 0 aliphatic heterocycles. The highest BCUT2D eigenvalue weighted by atomic mass is 16.5. The third-order valence-electron chi connectivity index (χ3n) is 3.90. The first kappa shape index (κ1) is 16.1. The molecular formula is C17H28N2O2. The Morgan fingerprint density at radius 2 is 1.90 bits per heavy atom. The third-order valence-corrected chi connectivity index (χ3v) is 3.90. The summed E-state index contributed by atoms with van der Waals surface area (Å²) in [6, 6.07) is 8.35. The number of nitrogens with zero attached hydrogens (tertiary/aromatic N) is 1. The minimum Gasteiger partial charge on any atom is -0.389 e. The molecular weight excluding hydrogens is 264 g/mol. The van der Waals surface area contributed by atoms with Crippen molar-refractivity contribution in [1.82, 2.24) is 0 Å². The Morgan fingerprint density at radius 1 is 1.24 bits per heavy atom. The molecule has 4 nitrogen and oxygen atoms in total. The van der Waals surface area contributed by atoms with Crippen molar-refractivity contribution in [2.24, 2.45) is 5.92 Å². The first-order chi connectivity index (χ1) is 10.2. The summed E-state index contributed by atoms with van der Waals surface area (Å²) in [5.41, 5.74) is 2.27. The molecule has 1 unspecified atom stereocenters. The van der Waals surface area contributed by atoms with Crippen LogP contribution in [0.25, 0.3) is 0 Å². The molecule has 1 aromatic rings. The average molecular weight is 292 g/mol. The quantitative estimate of drug-likeness (QED) is 0.696. The van der Waals surface area contributed by atoms with Crippen LogP contribution >= 0.6 is 0 Å². The monoisotopic (exact) mass is 292 g/mol. The van der Waals surface area contributed by atoms with Crippen molar-refractivity contribution in [2.75, 3.05) is 43.1 Å². The van der Waals surface area contributed by atoms with Gasteiger partial charge in [0.05, 0.1) is 12.7 Å². The molecule has 0 heterocycles. The van der Waals surface area contributed by atoms with Gasteiger partial charge in [-0.3, -0.25) is 0 Å². The summed E-state index contributed by atoms with van der Waals surface area (Å²) in [6.07, 6.45) is 2.12. The molecule has 1 aromatic carbocycles. The summed E-state index contributed by atoms with van der Waals surface area (Å²) >= 11 is 0. The second-order valence-corrected chi connectivity index (χ2v) is 5.73. The number of ether oxygens (including phenoxy) is 1. The predicted octanol–water partition coefficient (Wildman–Crippen LogP) is 2.73. The lowest BCUT2D eigenvalue weighted by atomic mass is 10.2. The number of hydrogen-bond acceptors (Lipinski definition) is 4. The van der Waals surface area contributed by atoms with E-state index >= 15 is 0 Å². The minimum absolute atomic E-state index is 0.418. The summed E-state index contributed by atoms with van der Waals surface area (Å²) in [7, 11) is 0. The molecule has 1 aliphatic rings. The standard InChI is InChI=1S/C17H28N2O2/c1-3-19(4-2)16-9-7-15(8-10-16)18-11-17(20)13-21-12-14-5-6-14/h7-10,14,17-18,20H,3-6,11-13H2,1-2H3. The summed E-state index contributed by atoms with van der Waals surface area (Å²) in [6.45, 7) is 8.09. The van der Waals surface area contributed by atoms with Gasteiger partial charge in [0.2, 0.25) is 0 Å². The first-order valence-corrected chi connectivity index (χ1v) is 8.07. The Bertz CT molecular complexity index is 400. The largest absolute Gasteiger partial charge is 0.389 e. The normalized spacial score (nSPS) is 15.8. The Morgan fingerprint density at radius 3 is 2.48 bits per heavy atom. The maximum absolute atomic E-state index is 9.87. The van der Waals surface area contributed by atoms with Crippen LogP contribution < -0.4 is 10.2 Å². The van der Waals surface area contributed by atoms with E-state index in [4.69, 9.17) is 4.74 Å². The fraction of sp³-hybridized carbons (Fsp3) is 0.647. The minimum atomic E-state index is -0.453. The fourth-order valence-electron chi connectivity index (χ4n) is 2.33. The molecule has 1 saturated carbocycles. The maximum Gasteiger partial charge on any atom is 0.0945 e. The van der Waals surface area contributed by atoms with E-state index in [1.54, 1.807) is 0 Å². The van der Waals surface area contributed by atoms with E-state index < -0.39 is 6.10 Å². The number of rotatable bonds is 10. The molecule has 0 aromatic heterocycles. The lowest BCUT2D eigenvalue weighted by Crippen LogP contribution is -2.25. The molecule has 0 bridgehead atoms. The fourth-order valence-corrected chi connectivity index (χ4v) is 2.33. The summed E-state index contributed by atoms with van der Waals surface area (Å²) in [5, 5.41) is 13.1. The van der Waals surface area contributed by atoms with Crippen LogP contribution in [0.2, 0.25) is 0 Å². The summed E-state index contributed by atoms with van der Waals surface area (Å²) in [4.78, 5) is 2.31. The van der Waals surface area contributed by atoms with Gasteiger partial charge in [-0.2, -0.15) is 0 Å². The molecule has 2 rings (SSSR count). The van der Waals surface area contributed by atoms with Gasteiger partial charge in [0.15, 0.2) is 0 Å². The molecule has 0 saturated heterocycles. The first-order valence-electron chi connectivity index (χ1n) is 8.07. The molecule has 4 heteroatoms. The van der Waals surface area contributed by atoms with Crippen LogP contribution in [0.15, 0.2) is 24.3 Å². The van der Waals surface area contributed by atoms with Crippen LogP contribution in [0.4, 0.5) is 11.4 Å². The number of hydrogen-bond donors (Lipinski definition) is 2. The highest BCUT2D eigenvalue weighted by Crippen LogP contribution is 2.28. The molecule has 118 valence electrons. The van der Waals surface area contributed by atoms with Crippen molar-refractivity contribution in [2.45, 2.75) is 32.8 Å². The average Bonchev–Trinajstić information content (AvgIpc) is 3.32. The van der Waals surface area contributed by atoms with Crippen LogP contribution in [0, 0.1) is 5.92 Å². The van der Waals surface area contributed by atoms with Gasteiger partial charge < -0.3 is 20.1 Å². The maximum atomic E-state index is 9.87. The zero-order valence-electron chi connectivity index (χ0n) is 13.2. The van der Waals surface area contributed by atoms with Crippen molar-refractivity contribution in [1.29, 1.82) is 0 Å². The lowest BCUT2D eigenvalue weighted by molar-refractivity contribution is 0.0386. The van der Waals surface area contributed by atoms with Gasteiger partial charge in [0, 0.05) is 37.6 Å². The van der Waals surface area contributed by atoms with Gasteiger partial charge in [0.25, 0.3) is 0 Å². The van der Waals surface area contributed by atoms with Crippen LogP contribution in [-0.2, 0) is 4.74 Å². The van der Waals surface area contributed by atoms with Crippen molar-refractivity contribution in [3.8, 4) is 0 Å². The van der Waals surface area contributed by atoms with Gasteiger partial charge in [-0.1, -0.05) is 0 Å². The highest BCUT2D eigenvalue weighted by molar-refractivity contribution is 5.55. The highest BCUT2D eigenvalue weighted by Gasteiger charge is 2.21. The molecule has 21 heavy (non-hydrogen) atoms. The smallest absolute Gasteiger partial charge is 0.0945 e. The zero-order chi connectivity index (χ0) is 15.1. The summed E-state index contributed by atoms with van der Waals surface area (Å²) in [5.74, 6) is 0.748. The molecule has 1 atom stereocenters. The molecule has 2 N–H and O–H groups in total. The third kappa shape index (κ3) is 5.56. The van der Waals surface area contributed by atoms with Gasteiger partial charge in [-0.15, -0.1) is 0 Å². The van der Waals surface area contributed by atoms with E-state index in [-0.39, 0.29) is 0 Å². The van der Waals surface area contributed by atoms with Crippen molar-refractivity contribution in [3.05, 3.63) is 24.3 Å². The van der Waals surface area contributed by atoms with Crippen molar-refractivity contribution >= 4 is 11.4 Å². The van der Waals surface area contributed by atoms with Crippen molar-refractivity contribution in [3.63, 3.8) is 0 Å². The summed E-state index contributed by atoms with van der Waals surface area (Å²) < 4.78 is 5.49. The molecule has 1 aliphatic carbocycles. The Balaban J connectivity index is 1.69. The number of anilines is 2. The van der Waals surface area contributed by atoms with Gasteiger partial charge in [-0.05, 0) is 56.9 Å². The predicted molar refractivity (Wildman–Crippen MR) is 88.0 cm³/mol. The van der Waals surface area contributed by atoms with E-state index in [2.05, 4.69) is 48.3 Å². The number of nitrogens with one attached hydrogen (secondary N) is 1. The second-order valence-electron chi connectivity index (χ2n) is 5.73. The number of benzene rings is 1. The Labute approximate surface area is 128 Å². The topological polar surface area (TPSA) is 44.7 Å². The van der Waals surface area contributed by atoms with Gasteiger partial charge in [0.1, 0.15) is 0 Å².